The number of fused-ring (bicyclic) bond motifs is 1. The van der Waals surface area contributed by atoms with Gasteiger partial charge in [-0.15, -0.1) is 0 Å². The Morgan fingerprint density at radius 2 is 1.96 bits per heavy atom. The molecule has 140 valence electrons. The van der Waals surface area contributed by atoms with Crippen molar-refractivity contribution in [3.63, 3.8) is 0 Å². The lowest BCUT2D eigenvalue weighted by Crippen LogP contribution is -2.24. The van der Waals surface area contributed by atoms with E-state index < -0.39 is 11.6 Å². The minimum atomic E-state index is -0.659. The zero-order valence-electron chi connectivity index (χ0n) is 14.3. The van der Waals surface area contributed by atoms with Crippen molar-refractivity contribution in [1.82, 2.24) is 4.90 Å². The van der Waals surface area contributed by atoms with E-state index in [1.165, 1.54) is 12.1 Å². The van der Waals surface area contributed by atoms with Gasteiger partial charge >= 0.3 is 0 Å². The van der Waals surface area contributed by atoms with Crippen molar-refractivity contribution in [3.8, 4) is 0 Å². The molecule has 2 aliphatic heterocycles. The maximum atomic E-state index is 13.7. The number of nitrogens with one attached hydrogen (secondary N) is 2. The number of halogens is 3. The van der Waals surface area contributed by atoms with Crippen molar-refractivity contribution in [2.75, 3.05) is 24.0 Å². The van der Waals surface area contributed by atoms with Crippen LogP contribution in [0.5, 0.6) is 0 Å². The largest absolute Gasteiger partial charge is 0.472 e. The fourth-order valence-corrected chi connectivity index (χ4v) is 3.19. The van der Waals surface area contributed by atoms with Crippen molar-refractivity contribution in [2.24, 2.45) is 4.99 Å². The summed E-state index contributed by atoms with van der Waals surface area (Å²) in [6.45, 7) is 1.68. The molecule has 2 aromatic rings. The van der Waals surface area contributed by atoms with Crippen molar-refractivity contribution in [2.45, 2.75) is 13.2 Å². The molecule has 0 atom stereocenters. The molecule has 0 spiro atoms. The second-order valence-electron chi connectivity index (χ2n) is 6.26. The van der Waals surface area contributed by atoms with Gasteiger partial charge in [0, 0.05) is 24.4 Å². The molecular weight excluding hydrogens is 374 g/mol. The first kappa shape index (κ1) is 17.6. The molecule has 4 rings (SSSR count). The van der Waals surface area contributed by atoms with Crippen LogP contribution in [0.25, 0.3) is 0 Å². The smallest absolute Gasteiger partial charge is 0.231 e. The van der Waals surface area contributed by atoms with E-state index in [1.54, 1.807) is 6.20 Å². The molecule has 0 amide bonds. The van der Waals surface area contributed by atoms with Crippen molar-refractivity contribution >= 4 is 28.9 Å². The Bertz CT molecular complexity index is 932. The molecule has 0 aliphatic carbocycles. The van der Waals surface area contributed by atoms with Crippen LogP contribution in [0.2, 0.25) is 0 Å². The normalized spacial score (nSPS) is 15.4. The molecule has 0 radical (unpaired) electrons. The van der Waals surface area contributed by atoms with Crippen LogP contribution in [0.1, 0.15) is 11.1 Å². The first-order valence-corrected chi connectivity index (χ1v) is 8.80. The quantitative estimate of drug-likeness (QED) is 0.820. The Morgan fingerprint density at radius 1 is 1.11 bits per heavy atom. The molecule has 5 nitrogen and oxygen atoms in total. The first-order chi connectivity index (χ1) is 13.1. The topological polar surface area (TPSA) is 48.9 Å². The van der Waals surface area contributed by atoms with Crippen LogP contribution >= 0.6 is 11.6 Å². The highest BCUT2D eigenvalue weighted by atomic mass is 35.5. The molecule has 2 aromatic carbocycles. The van der Waals surface area contributed by atoms with Crippen LogP contribution in [-0.4, -0.2) is 24.1 Å². The van der Waals surface area contributed by atoms with Gasteiger partial charge in [-0.3, -0.25) is 0 Å². The molecular formula is C19H17ClF2N4O. The molecule has 8 heteroatoms. The van der Waals surface area contributed by atoms with Gasteiger partial charge in [0.2, 0.25) is 5.90 Å². The Kier molecular flexibility index (Phi) is 4.85. The van der Waals surface area contributed by atoms with Gasteiger partial charge < -0.3 is 20.3 Å². The summed E-state index contributed by atoms with van der Waals surface area (Å²) in [5.41, 5.74) is 3.53. The summed E-state index contributed by atoms with van der Waals surface area (Å²) in [4.78, 5) is 6.27. The van der Waals surface area contributed by atoms with E-state index >= 15 is 0 Å². The van der Waals surface area contributed by atoms with Gasteiger partial charge in [-0.2, -0.15) is 0 Å². The van der Waals surface area contributed by atoms with E-state index in [0.29, 0.717) is 18.2 Å². The highest BCUT2D eigenvalue weighted by Gasteiger charge is 2.17. The summed E-state index contributed by atoms with van der Waals surface area (Å²) >= 11 is 6.26. The summed E-state index contributed by atoms with van der Waals surface area (Å²) in [6.07, 6.45) is 1.75. The molecule has 0 saturated heterocycles. The molecule has 0 unspecified atom stereocenters. The SMILES string of the molecule is Fc1ccc(COC2=NCN(Cc3ccc4c(c3)NCN4)C=C2Cl)c(F)c1. The maximum absolute atomic E-state index is 13.7. The van der Waals surface area contributed by atoms with E-state index in [-0.39, 0.29) is 18.1 Å². The Morgan fingerprint density at radius 3 is 2.78 bits per heavy atom. The number of aliphatic imine (C=N–C) groups is 1. The number of benzene rings is 2. The number of nitrogens with zero attached hydrogens (tertiary/aromatic N) is 2. The summed E-state index contributed by atoms with van der Waals surface area (Å²) in [5.74, 6) is -1.04. The van der Waals surface area contributed by atoms with Gasteiger partial charge in [0.25, 0.3) is 0 Å². The lowest BCUT2D eigenvalue weighted by atomic mass is 10.1. The van der Waals surface area contributed by atoms with Gasteiger partial charge in [-0.05, 0) is 29.8 Å². The summed E-state index contributed by atoms with van der Waals surface area (Å²) in [5, 5.41) is 6.83. The lowest BCUT2D eigenvalue weighted by molar-refractivity contribution is 0.275. The second-order valence-corrected chi connectivity index (χ2v) is 6.67. The number of hydrogen-bond donors (Lipinski definition) is 2. The maximum Gasteiger partial charge on any atom is 0.231 e. The third-order valence-electron chi connectivity index (χ3n) is 4.30. The Labute approximate surface area is 160 Å². The van der Waals surface area contributed by atoms with Gasteiger partial charge in [0.05, 0.1) is 18.0 Å². The van der Waals surface area contributed by atoms with E-state index in [0.717, 1.165) is 29.7 Å². The number of ether oxygens (including phenoxy) is 1. The third kappa shape index (κ3) is 3.98. The van der Waals surface area contributed by atoms with Crippen LogP contribution in [0.3, 0.4) is 0 Å². The summed E-state index contributed by atoms with van der Waals surface area (Å²) < 4.78 is 32.1. The van der Waals surface area contributed by atoms with E-state index in [4.69, 9.17) is 16.3 Å². The van der Waals surface area contributed by atoms with E-state index in [9.17, 15) is 8.78 Å². The molecule has 27 heavy (non-hydrogen) atoms. The average Bonchev–Trinajstić information content (AvgIpc) is 3.10. The van der Waals surface area contributed by atoms with Crippen LogP contribution in [-0.2, 0) is 17.9 Å². The molecule has 0 bridgehead atoms. The summed E-state index contributed by atoms with van der Waals surface area (Å²) in [6, 6.07) is 9.52. The van der Waals surface area contributed by atoms with Crippen LogP contribution in [0.15, 0.2) is 52.6 Å². The minimum Gasteiger partial charge on any atom is -0.472 e. The lowest BCUT2D eigenvalue weighted by Gasteiger charge is -2.24. The molecule has 0 aromatic heterocycles. The predicted molar refractivity (Wildman–Crippen MR) is 101 cm³/mol. The fraction of sp³-hybridized carbons (Fsp3) is 0.211. The standard InChI is InChI=1S/C19H17ClF2N4O/c20-15-8-26(7-12-1-4-17-18(5-12)24-10-23-17)11-25-19(15)27-9-13-2-3-14(21)6-16(13)22/h1-6,8,23-24H,7,9-11H2. The minimum absolute atomic E-state index is 0.0709. The van der Waals surface area contributed by atoms with Gasteiger partial charge in [0.1, 0.15) is 29.9 Å². The highest BCUT2D eigenvalue weighted by Crippen LogP contribution is 2.28. The molecule has 2 N–H and O–H groups in total. The monoisotopic (exact) mass is 390 g/mol. The van der Waals surface area contributed by atoms with Crippen molar-refractivity contribution in [3.05, 3.63) is 70.4 Å². The zero-order chi connectivity index (χ0) is 18.8. The average molecular weight is 391 g/mol. The zero-order valence-corrected chi connectivity index (χ0v) is 15.1. The van der Waals surface area contributed by atoms with Crippen LogP contribution < -0.4 is 10.6 Å². The van der Waals surface area contributed by atoms with Crippen LogP contribution in [0.4, 0.5) is 20.2 Å². The molecule has 2 heterocycles. The molecule has 0 saturated carbocycles. The van der Waals surface area contributed by atoms with Gasteiger partial charge in [-0.25, -0.2) is 13.8 Å². The fourth-order valence-electron chi connectivity index (χ4n) is 2.94. The molecule has 0 fully saturated rings. The third-order valence-corrected chi connectivity index (χ3v) is 4.56. The second kappa shape index (κ2) is 7.44. The van der Waals surface area contributed by atoms with Crippen molar-refractivity contribution in [1.29, 1.82) is 0 Å². The highest BCUT2D eigenvalue weighted by molar-refractivity contribution is 6.42. The number of hydrogen-bond acceptors (Lipinski definition) is 5. The Balaban J connectivity index is 1.37. The van der Waals surface area contributed by atoms with Gasteiger partial charge in [0.15, 0.2) is 0 Å². The van der Waals surface area contributed by atoms with Gasteiger partial charge in [-0.1, -0.05) is 17.7 Å². The van der Waals surface area contributed by atoms with E-state index in [1.807, 2.05) is 17.0 Å². The number of anilines is 2. The van der Waals surface area contributed by atoms with E-state index in [2.05, 4.69) is 21.7 Å². The Hall–Kier alpha value is -2.80. The van der Waals surface area contributed by atoms with Crippen molar-refractivity contribution < 1.29 is 13.5 Å². The first-order valence-electron chi connectivity index (χ1n) is 8.42. The number of rotatable bonds is 4. The molecule has 2 aliphatic rings. The van der Waals surface area contributed by atoms with Crippen LogP contribution in [0, 0.1) is 11.6 Å². The predicted octanol–water partition coefficient (Wildman–Crippen LogP) is 4.23. The summed E-state index contributed by atoms with van der Waals surface area (Å²) in [7, 11) is 0.